The van der Waals surface area contributed by atoms with Crippen LogP contribution < -0.4 is 10.6 Å². The number of carbonyl (C=O) groups is 1. The number of fused-ring (bicyclic) bond motifs is 1. The Kier molecular flexibility index (Phi) is 3.95. The van der Waals surface area contributed by atoms with Crippen LogP contribution >= 0.6 is 0 Å². The summed E-state index contributed by atoms with van der Waals surface area (Å²) in [5, 5.41) is 6.64. The SMILES string of the molecule is C[C@H](NC(=O)C1CCNc2ccccc21)C1CCCC1. The molecule has 1 unspecified atom stereocenters. The van der Waals surface area contributed by atoms with Crippen molar-refractivity contribution >= 4 is 11.6 Å². The van der Waals surface area contributed by atoms with Crippen molar-refractivity contribution in [2.75, 3.05) is 11.9 Å². The molecule has 0 saturated heterocycles. The molecule has 20 heavy (non-hydrogen) atoms. The highest BCUT2D eigenvalue weighted by Gasteiger charge is 2.29. The number of nitrogens with one attached hydrogen (secondary N) is 2. The Balaban J connectivity index is 1.68. The van der Waals surface area contributed by atoms with Crippen molar-refractivity contribution in [3.05, 3.63) is 29.8 Å². The molecule has 1 aliphatic heterocycles. The molecule has 1 heterocycles. The monoisotopic (exact) mass is 272 g/mol. The van der Waals surface area contributed by atoms with Crippen LogP contribution in [0.15, 0.2) is 24.3 Å². The molecule has 1 aliphatic carbocycles. The first kappa shape index (κ1) is 13.5. The standard InChI is InChI=1S/C17H24N2O/c1-12(13-6-2-3-7-13)19-17(20)15-10-11-18-16-9-5-4-8-14(15)16/h4-5,8-9,12-13,15,18H,2-3,6-7,10-11H2,1H3,(H,19,20)/t12-,15?/m0/s1. The van der Waals surface area contributed by atoms with Crippen LogP contribution in [0, 0.1) is 5.92 Å². The number of rotatable bonds is 3. The highest BCUT2D eigenvalue weighted by atomic mass is 16.1. The third-order valence-corrected chi connectivity index (χ3v) is 4.88. The second kappa shape index (κ2) is 5.86. The lowest BCUT2D eigenvalue weighted by Crippen LogP contribution is -2.41. The molecule has 0 radical (unpaired) electrons. The van der Waals surface area contributed by atoms with Crippen LogP contribution in [0.5, 0.6) is 0 Å². The highest BCUT2D eigenvalue weighted by molar-refractivity contribution is 5.86. The van der Waals surface area contributed by atoms with Crippen molar-refractivity contribution in [3.8, 4) is 0 Å². The van der Waals surface area contributed by atoms with Crippen molar-refractivity contribution < 1.29 is 4.79 Å². The summed E-state index contributed by atoms with van der Waals surface area (Å²) in [6, 6.07) is 8.49. The zero-order valence-corrected chi connectivity index (χ0v) is 12.2. The number of carbonyl (C=O) groups excluding carboxylic acids is 1. The number of para-hydroxylation sites is 1. The summed E-state index contributed by atoms with van der Waals surface area (Å²) in [6.07, 6.45) is 6.07. The molecule has 1 fully saturated rings. The quantitative estimate of drug-likeness (QED) is 0.886. The fourth-order valence-electron chi connectivity index (χ4n) is 3.64. The molecule has 3 nitrogen and oxygen atoms in total. The molecule has 2 atom stereocenters. The van der Waals surface area contributed by atoms with Crippen LogP contribution in [0.1, 0.15) is 50.5 Å². The molecule has 1 aromatic carbocycles. The van der Waals surface area contributed by atoms with E-state index in [1.807, 2.05) is 12.1 Å². The van der Waals surface area contributed by atoms with Gasteiger partial charge in [-0.25, -0.2) is 0 Å². The molecule has 0 spiro atoms. The Labute approximate surface area is 121 Å². The molecule has 3 rings (SSSR count). The molecule has 1 amide bonds. The predicted octanol–water partition coefficient (Wildman–Crippen LogP) is 3.28. The van der Waals surface area contributed by atoms with Gasteiger partial charge in [-0.15, -0.1) is 0 Å². The Hall–Kier alpha value is -1.51. The van der Waals surface area contributed by atoms with Crippen LogP contribution in [0.3, 0.4) is 0 Å². The second-order valence-corrected chi connectivity index (χ2v) is 6.20. The lowest BCUT2D eigenvalue weighted by molar-refractivity contribution is -0.123. The Bertz CT molecular complexity index is 480. The zero-order valence-electron chi connectivity index (χ0n) is 12.2. The van der Waals surface area contributed by atoms with Gasteiger partial charge in [0.15, 0.2) is 0 Å². The van der Waals surface area contributed by atoms with Gasteiger partial charge in [0.05, 0.1) is 5.92 Å². The topological polar surface area (TPSA) is 41.1 Å². The molecule has 2 aliphatic rings. The molecule has 0 bridgehead atoms. The first-order valence-electron chi connectivity index (χ1n) is 7.89. The highest BCUT2D eigenvalue weighted by Crippen LogP contribution is 2.32. The van der Waals surface area contributed by atoms with Crippen molar-refractivity contribution in [2.24, 2.45) is 5.92 Å². The summed E-state index contributed by atoms with van der Waals surface area (Å²) >= 11 is 0. The summed E-state index contributed by atoms with van der Waals surface area (Å²) < 4.78 is 0. The van der Waals surface area contributed by atoms with Gasteiger partial charge in [0, 0.05) is 18.3 Å². The van der Waals surface area contributed by atoms with Gasteiger partial charge in [0.1, 0.15) is 0 Å². The maximum absolute atomic E-state index is 12.6. The van der Waals surface area contributed by atoms with Crippen LogP contribution in [0.2, 0.25) is 0 Å². The van der Waals surface area contributed by atoms with Gasteiger partial charge in [-0.2, -0.15) is 0 Å². The van der Waals surface area contributed by atoms with E-state index in [9.17, 15) is 4.79 Å². The molecular weight excluding hydrogens is 248 g/mol. The first-order valence-corrected chi connectivity index (χ1v) is 7.89. The summed E-state index contributed by atoms with van der Waals surface area (Å²) in [4.78, 5) is 12.6. The average molecular weight is 272 g/mol. The van der Waals surface area contributed by atoms with Crippen LogP contribution in [-0.2, 0) is 4.79 Å². The summed E-state index contributed by atoms with van der Waals surface area (Å²) in [5.41, 5.74) is 2.27. The lowest BCUT2D eigenvalue weighted by atomic mass is 9.89. The van der Waals surface area contributed by atoms with E-state index in [0.717, 1.165) is 24.2 Å². The van der Waals surface area contributed by atoms with E-state index >= 15 is 0 Å². The van der Waals surface area contributed by atoms with E-state index in [0.29, 0.717) is 12.0 Å². The van der Waals surface area contributed by atoms with E-state index in [1.165, 1.54) is 25.7 Å². The minimum absolute atomic E-state index is 0.0105. The van der Waals surface area contributed by atoms with E-state index in [4.69, 9.17) is 0 Å². The summed E-state index contributed by atoms with van der Waals surface area (Å²) in [6.45, 7) is 3.05. The Morgan fingerprint density at radius 1 is 1.25 bits per heavy atom. The fraction of sp³-hybridized carbons (Fsp3) is 0.588. The van der Waals surface area contributed by atoms with Crippen LogP contribution in [-0.4, -0.2) is 18.5 Å². The summed E-state index contributed by atoms with van der Waals surface area (Å²) in [7, 11) is 0. The number of hydrogen-bond acceptors (Lipinski definition) is 2. The zero-order chi connectivity index (χ0) is 13.9. The minimum atomic E-state index is 0.0105. The minimum Gasteiger partial charge on any atom is -0.385 e. The van der Waals surface area contributed by atoms with Gasteiger partial charge in [-0.3, -0.25) is 4.79 Å². The number of anilines is 1. The normalized spacial score (nSPS) is 23.8. The predicted molar refractivity (Wildman–Crippen MR) is 81.9 cm³/mol. The van der Waals surface area contributed by atoms with Crippen LogP contribution in [0.4, 0.5) is 5.69 Å². The smallest absolute Gasteiger partial charge is 0.227 e. The lowest BCUT2D eigenvalue weighted by Gasteiger charge is -2.28. The van der Waals surface area contributed by atoms with Gasteiger partial charge in [-0.1, -0.05) is 31.0 Å². The maximum Gasteiger partial charge on any atom is 0.227 e. The third-order valence-electron chi connectivity index (χ3n) is 4.88. The molecule has 108 valence electrons. The maximum atomic E-state index is 12.6. The van der Waals surface area contributed by atoms with Gasteiger partial charge < -0.3 is 10.6 Å². The number of amides is 1. The van der Waals surface area contributed by atoms with E-state index in [1.54, 1.807) is 0 Å². The van der Waals surface area contributed by atoms with Gasteiger partial charge in [0.25, 0.3) is 0 Å². The number of hydrogen-bond donors (Lipinski definition) is 2. The van der Waals surface area contributed by atoms with Gasteiger partial charge in [0.2, 0.25) is 5.91 Å². The van der Waals surface area contributed by atoms with Crippen LogP contribution in [0.25, 0.3) is 0 Å². The van der Waals surface area contributed by atoms with E-state index in [2.05, 4.69) is 29.7 Å². The molecule has 2 N–H and O–H groups in total. The molecular formula is C17H24N2O. The largest absolute Gasteiger partial charge is 0.385 e. The third kappa shape index (κ3) is 2.67. The van der Waals surface area contributed by atoms with Crippen molar-refractivity contribution in [1.82, 2.24) is 5.32 Å². The summed E-state index contributed by atoms with van der Waals surface area (Å²) in [5.74, 6) is 0.894. The van der Waals surface area contributed by atoms with Crippen molar-refractivity contribution in [3.63, 3.8) is 0 Å². The Morgan fingerprint density at radius 2 is 2.00 bits per heavy atom. The molecule has 3 heteroatoms. The van der Waals surface area contributed by atoms with Crippen molar-refractivity contribution in [2.45, 2.75) is 51.0 Å². The van der Waals surface area contributed by atoms with Crippen molar-refractivity contribution in [1.29, 1.82) is 0 Å². The molecule has 0 aromatic heterocycles. The number of benzene rings is 1. The van der Waals surface area contributed by atoms with Gasteiger partial charge in [-0.05, 0) is 43.7 Å². The molecule has 1 saturated carbocycles. The first-order chi connectivity index (χ1) is 9.75. The average Bonchev–Trinajstić information content (AvgIpc) is 3.01. The van der Waals surface area contributed by atoms with E-state index < -0.39 is 0 Å². The second-order valence-electron chi connectivity index (χ2n) is 6.20. The fourth-order valence-corrected chi connectivity index (χ4v) is 3.64. The van der Waals surface area contributed by atoms with Gasteiger partial charge >= 0.3 is 0 Å². The Morgan fingerprint density at radius 3 is 2.80 bits per heavy atom. The van der Waals surface area contributed by atoms with E-state index in [-0.39, 0.29) is 11.8 Å². The molecule has 1 aromatic rings.